The Balaban J connectivity index is 0.896. The van der Waals surface area contributed by atoms with Gasteiger partial charge in [0.1, 0.15) is 23.7 Å². The molecule has 71 heavy (non-hydrogen) atoms. The summed E-state index contributed by atoms with van der Waals surface area (Å²) in [6.07, 6.45) is 13.9. The summed E-state index contributed by atoms with van der Waals surface area (Å²) in [4.78, 5) is 86.9. The van der Waals surface area contributed by atoms with Gasteiger partial charge in [-0.25, -0.2) is 19.6 Å². The lowest BCUT2D eigenvalue weighted by atomic mass is 9.82. The number of carbonyl (C=O) groups excluding carboxylic acids is 4. The lowest BCUT2D eigenvalue weighted by molar-refractivity contribution is -0.137. The maximum Gasteiger partial charge on any atom is 0.407 e. The van der Waals surface area contributed by atoms with Crippen molar-refractivity contribution in [1.29, 1.82) is 0 Å². The number of hydrogen-bond acceptors (Lipinski definition) is 9. The molecule has 372 valence electrons. The number of nitrogens with one attached hydrogen (secondary N) is 4. The molecule has 6 atom stereocenters. The number of aromatic nitrogens is 4. The van der Waals surface area contributed by atoms with E-state index in [1.165, 1.54) is 78.8 Å². The minimum Gasteiger partial charge on any atom is -0.453 e. The molecule has 4 fully saturated rings. The molecule has 3 aromatic carbocycles. The van der Waals surface area contributed by atoms with Crippen molar-refractivity contribution < 1.29 is 28.7 Å². The Kier molecular flexibility index (Phi) is 12.1. The van der Waals surface area contributed by atoms with Crippen LogP contribution in [-0.4, -0.2) is 92.6 Å². The van der Waals surface area contributed by atoms with Crippen molar-refractivity contribution in [2.75, 3.05) is 20.8 Å². The highest BCUT2D eigenvalue weighted by Gasteiger charge is 2.56. The SMILES string of the molecule is COC(=O)N[C@H](C(=O)N1CCC[C@H]1c1ncc(-c2ccc(-c3ccc(-c4ccc5nc([C@@H]6CC7CC7N6C(=O)[C@@H](NC(=O)OC)C(C)C)[nH]c(=O)c5c4)c4c3CC3(CCCC3)C4)c3c2CCC3)[nH]1)C(C)C. The van der Waals surface area contributed by atoms with Gasteiger partial charge in [-0.05, 0) is 150 Å². The van der Waals surface area contributed by atoms with E-state index < -0.39 is 30.3 Å². The molecule has 6 aliphatic rings. The molecule has 2 aliphatic heterocycles. The second-order valence-electron chi connectivity index (χ2n) is 22.0. The van der Waals surface area contributed by atoms with Crippen molar-refractivity contribution in [3.8, 4) is 33.5 Å². The topological polar surface area (TPSA) is 192 Å². The molecule has 4 amide bonds. The van der Waals surface area contributed by atoms with E-state index in [-0.39, 0.29) is 46.7 Å². The molecule has 5 aromatic rings. The monoisotopic (exact) mass is 963 g/mol. The average molecular weight is 963 g/mol. The molecule has 15 nitrogen and oxygen atoms in total. The predicted molar refractivity (Wildman–Crippen MR) is 269 cm³/mol. The summed E-state index contributed by atoms with van der Waals surface area (Å²) in [5, 5.41) is 6.00. The third-order valence-corrected chi connectivity index (χ3v) is 17.0. The van der Waals surface area contributed by atoms with Crippen LogP contribution in [-0.2, 0) is 44.7 Å². The summed E-state index contributed by atoms with van der Waals surface area (Å²) in [5.41, 5.74) is 13.0. The first kappa shape index (κ1) is 46.8. The lowest BCUT2D eigenvalue weighted by Crippen LogP contribution is -2.52. The first-order chi connectivity index (χ1) is 34.3. The first-order valence-electron chi connectivity index (χ1n) is 26.0. The third kappa shape index (κ3) is 8.26. The van der Waals surface area contributed by atoms with Crippen LogP contribution in [0.4, 0.5) is 9.59 Å². The molecular formula is C56H66N8O7. The average Bonchev–Trinajstić information content (AvgIpc) is 4.13. The number of methoxy groups -OCH3 is 2. The number of aromatic amines is 2. The number of alkyl carbamates (subject to hydrolysis) is 2. The highest BCUT2D eigenvalue weighted by molar-refractivity contribution is 5.90. The largest absolute Gasteiger partial charge is 0.453 e. The smallest absolute Gasteiger partial charge is 0.407 e. The molecular weight excluding hydrogens is 897 g/mol. The number of piperidine rings is 1. The van der Waals surface area contributed by atoms with E-state index in [4.69, 9.17) is 19.4 Å². The van der Waals surface area contributed by atoms with Gasteiger partial charge < -0.3 is 39.9 Å². The predicted octanol–water partition coefficient (Wildman–Crippen LogP) is 8.88. The van der Waals surface area contributed by atoms with Crippen molar-refractivity contribution >= 4 is 34.9 Å². The number of carbonyl (C=O) groups is 4. The Hall–Kier alpha value is -6.51. The Morgan fingerprint density at radius 2 is 1.35 bits per heavy atom. The van der Waals surface area contributed by atoms with E-state index in [0.717, 1.165) is 74.0 Å². The number of fused-ring (bicyclic) bond motifs is 4. The lowest BCUT2D eigenvalue weighted by Gasteiger charge is -2.32. The highest BCUT2D eigenvalue weighted by Crippen LogP contribution is 2.55. The molecule has 4 heterocycles. The fraction of sp³-hybridized carbons (Fsp3) is 0.518. The van der Waals surface area contributed by atoms with Crippen molar-refractivity contribution in [3.63, 3.8) is 0 Å². The number of amides is 4. The van der Waals surface area contributed by atoms with E-state index in [1.54, 1.807) is 0 Å². The van der Waals surface area contributed by atoms with Crippen molar-refractivity contribution in [2.24, 2.45) is 23.2 Å². The van der Waals surface area contributed by atoms with Crippen LogP contribution in [0.3, 0.4) is 0 Å². The zero-order valence-electron chi connectivity index (χ0n) is 41.8. The quantitative estimate of drug-likeness (QED) is 0.100. The number of ether oxygens (including phenoxy) is 2. The van der Waals surface area contributed by atoms with Gasteiger partial charge in [0.2, 0.25) is 11.8 Å². The van der Waals surface area contributed by atoms with Gasteiger partial charge in [-0.2, -0.15) is 0 Å². The second kappa shape index (κ2) is 18.3. The Morgan fingerprint density at radius 3 is 2.04 bits per heavy atom. The molecule has 2 unspecified atom stereocenters. The van der Waals surface area contributed by atoms with Gasteiger partial charge in [-0.3, -0.25) is 14.4 Å². The van der Waals surface area contributed by atoms with Crippen LogP contribution in [0.1, 0.15) is 131 Å². The molecule has 0 bridgehead atoms. The fourth-order valence-electron chi connectivity index (χ4n) is 13.3. The van der Waals surface area contributed by atoms with Crippen LogP contribution in [0.2, 0.25) is 0 Å². The van der Waals surface area contributed by atoms with Crippen molar-refractivity contribution in [2.45, 2.75) is 141 Å². The van der Waals surface area contributed by atoms with Gasteiger partial charge in [0, 0.05) is 18.2 Å². The van der Waals surface area contributed by atoms with Crippen molar-refractivity contribution in [1.82, 2.24) is 40.4 Å². The van der Waals surface area contributed by atoms with E-state index in [2.05, 4.69) is 50.9 Å². The molecule has 2 saturated heterocycles. The zero-order chi connectivity index (χ0) is 49.5. The van der Waals surface area contributed by atoms with Gasteiger partial charge in [0.05, 0.1) is 49.1 Å². The van der Waals surface area contributed by atoms with Crippen LogP contribution in [0, 0.1) is 23.2 Å². The van der Waals surface area contributed by atoms with Gasteiger partial charge in [0.15, 0.2) is 0 Å². The van der Waals surface area contributed by atoms with E-state index in [1.807, 2.05) is 55.8 Å². The van der Waals surface area contributed by atoms with Crippen LogP contribution >= 0.6 is 0 Å². The maximum absolute atomic E-state index is 14.1. The Morgan fingerprint density at radius 1 is 0.718 bits per heavy atom. The van der Waals surface area contributed by atoms with E-state index in [9.17, 15) is 24.0 Å². The molecule has 11 rings (SSSR count). The molecule has 2 aromatic heterocycles. The number of hydrogen-bond donors (Lipinski definition) is 4. The summed E-state index contributed by atoms with van der Waals surface area (Å²) >= 11 is 0. The molecule has 2 saturated carbocycles. The molecule has 1 spiro atoms. The summed E-state index contributed by atoms with van der Waals surface area (Å²) in [6, 6.07) is 13.2. The fourth-order valence-corrected chi connectivity index (χ4v) is 13.3. The number of likely N-dealkylation sites (tertiary alicyclic amines) is 2. The molecule has 4 aliphatic carbocycles. The number of nitrogens with zero attached hydrogens (tertiary/aromatic N) is 4. The summed E-state index contributed by atoms with van der Waals surface area (Å²) < 4.78 is 9.68. The minimum absolute atomic E-state index is 0.0601. The van der Waals surface area contributed by atoms with Crippen LogP contribution in [0.15, 0.2) is 53.5 Å². The van der Waals surface area contributed by atoms with Crippen molar-refractivity contribution in [3.05, 3.63) is 92.9 Å². The van der Waals surface area contributed by atoms with Gasteiger partial charge >= 0.3 is 12.2 Å². The number of imidazole rings is 1. The third-order valence-electron chi connectivity index (χ3n) is 17.0. The number of benzene rings is 3. The zero-order valence-corrected chi connectivity index (χ0v) is 41.8. The first-order valence-corrected chi connectivity index (χ1v) is 26.0. The van der Waals surface area contributed by atoms with E-state index in [0.29, 0.717) is 35.6 Å². The molecule has 4 N–H and O–H groups in total. The minimum atomic E-state index is -0.759. The number of rotatable bonds is 11. The summed E-state index contributed by atoms with van der Waals surface area (Å²) in [7, 11) is 2.60. The van der Waals surface area contributed by atoms with Crippen LogP contribution in [0.5, 0.6) is 0 Å². The number of H-pyrrole nitrogens is 2. The molecule has 0 radical (unpaired) electrons. The maximum atomic E-state index is 14.1. The standard InChI is InChI=1S/C56H66N8O7/c1-29(2)47(60-54(68)70-5)52(66)63-22-10-13-44(63)49-57-28-43(59-49)38-18-17-36(34-11-9-12-35(34)38)37-16-15-33(40-26-56(27-41(37)40)20-7-8-21-56)31-14-19-42-39(23-31)51(65)62-50(58-42)46-25-32-24-45(32)64(46)53(67)48(30(3)4)61-55(69)71-6/h14-19,23,28-30,32,44-48H,7-13,20-22,24-27H2,1-6H3,(H,57,59)(H,60,68)(H,61,69)(H,58,62,65)/t32?,44-,45?,46-,47-,48-/m0/s1. The second-order valence-corrected chi connectivity index (χ2v) is 22.0. The van der Waals surface area contributed by atoms with Crippen LogP contribution in [0.25, 0.3) is 44.4 Å². The van der Waals surface area contributed by atoms with Gasteiger partial charge in [-0.15, -0.1) is 0 Å². The normalized spacial score (nSPS) is 22.5. The summed E-state index contributed by atoms with van der Waals surface area (Å²) in [6.45, 7) is 8.25. The molecule has 15 heteroatoms. The highest BCUT2D eigenvalue weighted by atomic mass is 16.5. The Labute approximate surface area is 414 Å². The van der Waals surface area contributed by atoms with Gasteiger partial charge in [0.25, 0.3) is 5.56 Å². The Bertz CT molecular complexity index is 3020. The van der Waals surface area contributed by atoms with E-state index >= 15 is 0 Å². The van der Waals surface area contributed by atoms with Gasteiger partial charge in [-0.1, -0.05) is 70.9 Å². The van der Waals surface area contributed by atoms with Crippen LogP contribution < -0.4 is 16.2 Å². The summed E-state index contributed by atoms with van der Waals surface area (Å²) in [5.74, 6) is 1.00.